The van der Waals surface area contributed by atoms with Gasteiger partial charge in [-0.2, -0.15) is 0 Å². The molecular formula is C14H10ClNOS. The molecule has 3 rings (SSSR count). The summed E-state index contributed by atoms with van der Waals surface area (Å²) in [7, 11) is 0. The average Bonchev–Trinajstić information content (AvgIpc) is 2.84. The number of hydrogen-bond acceptors (Lipinski definition) is 3. The largest absolute Gasteiger partial charge is 0.383 e. The molecule has 0 saturated heterocycles. The van der Waals surface area contributed by atoms with Gasteiger partial charge in [-0.1, -0.05) is 29.8 Å². The zero-order chi connectivity index (χ0) is 12.5. The number of fused-ring (bicyclic) bond motifs is 1. The Morgan fingerprint density at radius 2 is 2.00 bits per heavy atom. The molecule has 0 saturated carbocycles. The van der Waals surface area contributed by atoms with Crippen LogP contribution in [0, 0.1) is 0 Å². The van der Waals surface area contributed by atoms with Gasteiger partial charge in [0.25, 0.3) is 0 Å². The fraction of sp³-hybridized carbons (Fsp3) is 0.0714. The van der Waals surface area contributed by atoms with Crippen LogP contribution >= 0.6 is 22.9 Å². The highest BCUT2D eigenvalue weighted by Gasteiger charge is 2.13. The number of aliphatic hydroxyl groups is 1. The lowest BCUT2D eigenvalue weighted by Crippen LogP contribution is -1.97. The van der Waals surface area contributed by atoms with Crippen LogP contribution in [0.25, 0.3) is 10.9 Å². The van der Waals surface area contributed by atoms with Gasteiger partial charge in [0.1, 0.15) is 6.10 Å². The second-order valence-electron chi connectivity index (χ2n) is 4.01. The lowest BCUT2D eigenvalue weighted by atomic mass is 10.1. The average molecular weight is 276 g/mol. The maximum Gasteiger partial charge on any atom is 0.115 e. The van der Waals surface area contributed by atoms with Crippen LogP contribution in [0.2, 0.25) is 4.34 Å². The molecule has 2 heterocycles. The Labute approximate surface area is 113 Å². The Bertz CT molecular complexity index is 695. The van der Waals surface area contributed by atoms with E-state index >= 15 is 0 Å². The molecule has 0 bridgehead atoms. The topological polar surface area (TPSA) is 33.1 Å². The van der Waals surface area contributed by atoms with E-state index in [1.807, 2.05) is 36.4 Å². The van der Waals surface area contributed by atoms with Crippen molar-refractivity contribution >= 4 is 33.8 Å². The number of thiophene rings is 1. The highest BCUT2D eigenvalue weighted by molar-refractivity contribution is 7.16. The molecule has 0 spiro atoms. The van der Waals surface area contributed by atoms with E-state index in [4.69, 9.17) is 11.6 Å². The summed E-state index contributed by atoms with van der Waals surface area (Å²) in [6.07, 6.45) is 1.04. The fourth-order valence-electron chi connectivity index (χ4n) is 1.88. The molecule has 0 fully saturated rings. The first kappa shape index (κ1) is 11.7. The maximum atomic E-state index is 10.3. The van der Waals surface area contributed by atoms with E-state index < -0.39 is 6.10 Å². The SMILES string of the molecule is OC(c1cnc2ccccc2c1)c1ccc(Cl)s1. The second-order valence-corrected chi connectivity index (χ2v) is 5.75. The summed E-state index contributed by atoms with van der Waals surface area (Å²) in [4.78, 5) is 5.18. The molecule has 2 aromatic heterocycles. The van der Waals surface area contributed by atoms with Gasteiger partial charge < -0.3 is 5.11 Å². The van der Waals surface area contributed by atoms with E-state index in [1.165, 1.54) is 11.3 Å². The summed E-state index contributed by atoms with van der Waals surface area (Å²) in [6.45, 7) is 0. The van der Waals surface area contributed by atoms with Crippen LogP contribution in [0.15, 0.2) is 48.7 Å². The third kappa shape index (κ3) is 2.12. The molecule has 3 aromatic rings. The zero-order valence-corrected chi connectivity index (χ0v) is 10.9. The van der Waals surface area contributed by atoms with Crippen molar-refractivity contribution in [3.05, 3.63) is 63.4 Å². The van der Waals surface area contributed by atoms with E-state index in [2.05, 4.69) is 4.98 Å². The summed E-state index contributed by atoms with van der Waals surface area (Å²) >= 11 is 7.26. The lowest BCUT2D eigenvalue weighted by molar-refractivity contribution is 0.224. The second kappa shape index (κ2) is 4.69. The molecule has 0 aliphatic heterocycles. The van der Waals surface area contributed by atoms with Crippen molar-refractivity contribution in [3.8, 4) is 0 Å². The smallest absolute Gasteiger partial charge is 0.115 e. The Hall–Kier alpha value is -1.42. The normalized spacial score (nSPS) is 12.8. The van der Waals surface area contributed by atoms with Gasteiger partial charge in [0.15, 0.2) is 0 Å². The molecule has 18 heavy (non-hydrogen) atoms. The van der Waals surface area contributed by atoms with Crippen LogP contribution in [0.4, 0.5) is 0 Å². The van der Waals surface area contributed by atoms with Gasteiger partial charge in [-0.25, -0.2) is 0 Å². The molecule has 0 radical (unpaired) electrons. The molecule has 1 aromatic carbocycles. The number of aromatic nitrogens is 1. The Morgan fingerprint density at radius 1 is 1.17 bits per heavy atom. The summed E-state index contributed by atoms with van der Waals surface area (Å²) in [5.41, 5.74) is 1.71. The number of benzene rings is 1. The van der Waals surface area contributed by atoms with E-state index in [0.29, 0.717) is 4.34 Å². The van der Waals surface area contributed by atoms with Gasteiger partial charge in [-0.05, 0) is 24.3 Å². The molecule has 1 atom stereocenters. The molecule has 0 aliphatic rings. The summed E-state index contributed by atoms with van der Waals surface area (Å²) in [5.74, 6) is 0. The van der Waals surface area contributed by atoms with Crippen LogP contribution in [0.3, 0.4) is 0 Å². The molecule has 1 N–H and O–H groups in total. The predicted molar refractivity (Wildman–Crippen MR) is 75.1 cm³/mol. The van der Waals surface area contributed by atoms with Crippen molar-refractivity contribution in [1.29, 1.82) is 0 Å². The Morgan fingerprint density at radius 3 is 2.78 bits per heavy atom. The third-order valence-electron chi connectivity index (χ3n) is 2.79. The summed E-state index contributed by atoms with van der Waals surface area (Å²) in [5, 5.41) is 11.3. The Kier molecular flexibility index (Phi) is 3.04. The quantitative estimate of drug-likeness (QED) is 0.766. The standard InChI is InChI=1S/C14H10ClNOS/c15-13-6-5-12(18-13)14(17)10-7-9-3-1-2-4-11(9)16-8-10/h1-8,14,17H. The lowest BCUT2D eigenvalue weighted by Gasteiger charge is -2.09. The van der Waals surface area contributed by atoms with Gasteiger partial charge in [0, 0.05) is 22.0 Å². The van der Waals surface area contributed by atoms with E-state index in [-0.39, 0.29) is 0 Å². The monoisotopic (exact) mass is 275 g/mol. The minimum atomic E-state index is -0.667. The van der Waals surface area contributed by atoms with Gasteiger partial charge in [-0.15, -0.1) is 11.3 Å². The number of rotatable bonds is 2. The molecule has 0 aliphatic carbocycles. The number of pyridine rings is 1. The number of halogens is 1. The van der Waals surface area contributed by atoms with Gasteiger partial charge in [0.05, 0.1) is 9.85 Å². The number of nitrogens with zero attached hydrogens (tertiary/aromatic N) is 1. The first-order valence-corrected chi connectivity index (χ1v) is 6.71. The third-order valence-corrected chi connectivity index (χ3v) is 4.07. The molecule has 0 amide bonds. The van der Waals surface area contributed by atoms with Gasteiger partial charge in [0.2, 0.25) is 0 Å². The van der Waals surface area contributed by atoms with Crippen LogP contribution < -0.4 is 0 Å². The van der Waals surface area contributed by atoms with Crippen LogP contribution in [-0.4, -0.2) is 10.1 Å². The number of para-hydroxylation sites is 1. The van der Waals surface area contributed by atoms with Crippen LogP contribution in [-0.2, 0) is 0 Å². The van der Waals surface area contributed by atoms with E-state index in [9.17, 15) is 5.11 Å². The van der Waals surface area contributed by atoms with Crippen molar-refractivity contribution < 1.29 is 5.11 Å². The Balaban J connectivity index is 2.03. The molecule has 90 valence electrons. The highest BCUT2D eigenvalue weighted by Crippen LogP contribution is 2.31. The van der Waals surface area contributed by atoms with Crippen molar-refractivity contribution in [2.45, 2.75) is 6.10 Å². The van der Waals surface area contributed by atoms with Crippen molar-refractivity contribution in [3.63, 3.8) is 0 Å². The van der Waals surface area contributed by atoms with E-state index in [0.717, 1.165) is 21.3 Å². The van der Waals surface area contributed by atoms with Crippen LogP contribution in [0.1, 0.15) is 16.5 Å². The van der Waals surface area contributed by atoms with Crippen molar-refractivity contribution in [1.82, 2.24) is 4.98 Å². The number of aliphatic hydroxyl groups excluding tert-OH is 1. The first-order valence-electron chi connectivity index (χ1n) is 5.52. The number of hydrogen-bond donors (Lipinski definition) is 1. The van der Waals surface area contributed by atoms with E-state index in [1.54, 1.807) is 12.3 Å². The highest BCUT2D eigenvalue weighted by atomic mass is 35.5. The van der Waals surface area contributed by atoms with Crippen LogP contribution in [0.5, 0.6) is 0 Å². The zero-order valence-electron chi connectivity index (χ0n) is 9.38. The molecule has 4 heteroatoms. The first-order chi connectivity index (χ1) is 8.74. The van der Waals surface area contributed by atoms with Gasteiger partial charge >= 0.3 is 0 Å². The molecule has 2 nitrogen and oxygen atoms in total. The molecule has 1 unspecified atom stereocenters. The minimum Gasteiger partial charge on any atom is -0.383 e. The fourth-order valence-corrected chi connectivity index (χ4v) is 2.95. The minimum absolute atomic E-state index is 0.667. The maximum absolute atomic E-state index is 10.3. The summed E-state index contributed by atoms with van der Waals surface area (Å²) in [6, 6.07) is 13.4. The summed E-state index contributed by atoms with van der Waals surface area (Å²) < 4.78 is 0.679. The molecular weight excluding hydrogens is 266 g/mol. The van der Waals surface area contributed by atoms with Crippen molar-refractivity contribution in [2.75, 3.05) is 0 Å². The predicted octanol–water partition coefficient (Wildman–Crippen LogP) is 4.03. The van der Waals surface area contributed by atoms with Gasteiger partial charge in [-0.3, -0.25) is 4.98 Å². The van der Waals surface area contributed by atoms with Crippen molar-refractivity contribution in [2.24, 2.45) is 0 Å².